The highest BCUT2D eigenvalue weighted by Crippen LogP contribution is 2.37. The number of anilines is 2. The zero-order chi connectivity index (χ0) is 14.0. The zero-order valence-corrected chi connectivity index (χ0v) is 11.7. The molecule has 1 fully saturated rings. The van der Waals surface area contributed by atoms with Crippen LogP contribution in [0.3, 0.4) is 0 Å². The molecule has 0 atom stereocenters. The van der Waals surface area contributed by atoms with Crippen molar-refractivity contribution >= 4 is 33.9 Å². The average Bonchev–Trinajstić information content (AvgIpc) is 3.18. The molecule has 7 heteroatoms. The number of amides is 1. The van der Waals surface area contributed by atoms with E-state index in [4.69, 9.17) is 10.5 Å². The third-order valence-corrected chi connectivity index (χ3v) is 4.18. The molecule has 104 valence electrons. The number of carbonyl (C=O) groups excluding carboxylic acids is 2. The van der Waals surface area contributed by atoms with E-state index in [0.717, 1.165) is 6.54 Å². The molecule has 4 N–H and O–H groups in total. The van der Waals surface area contributed by atoms with Gasteiger partial charge in [0.2, 0.25) is 0 Å². The predicted molar refractivity (Wildman–Crippen MR) is 74.7 cm³/mol. The summed E-state index contributed by atoms with van der Waals surface area (Å²) in [7, 11) is 2.82. The number of nitrogens with two attached hydrogens (primary N) is 1. The van der Waals surface area contributed by atoms with E-state index >= 15 is 0 Å². The maximum Gasteiger partial charge on any atom is 0.343 e. The van der Waals surface area contributed by atoms with Crippen LogP contribution in [0, 0.1) is 5.92 Å². The van der Waals surface area contributed by atoms with E-state index < -0.39 is 5.97 Å². The van der Waals surface area contributed by atoms with Gasteiger partial charge in [-0.1, -0.05) is 0 Å². The molecule has 1 amide bonds. The Morgan fingerprint density at radius 1 is 1.47 bits per heavy atom. The standard InChI is InChI=1S/C12H17N3O3S/c1-14-10(16)9-8(13)7(12(17)18-2)11(19-9)15-5-6-3-4-6/h6,15H,3-5,13H2,1-2H3,(H,14,16). The second-order valence-corrected chi connectivity index (χ2v) is 5.46. The Morgan fingerprint density at radius 2 is 2.16 bits per heavy atom. The monoisotopic (exact) mass is 283 g/mol. The summed E-state index contributed by atoms with van der Waals surface area (Å²) in [6, 6.07) is 0. The van der Waals surface area contributed by atoms with Crippen LogP contribution in [0.4, 0.5) is 10.7 Å². The summed E-state index contributed by atoms with van der Waals surface area (Å²) in [5.74, 6) is -0.174. The number of hydrogen-bond acceptors (Lipinski definition) is 6. The highest BCUT2D eigenvalue weighted by atomic mass is 32.1. The van der Waals surface area contributed by atoms with Gasteiger partial charge in [-0.2, -0.15) is 0 Å². The van der Waals surface area contributed by atoms with E-state index in [1.54, 1.807) is 0 Å². The minimum atomic E-state index is -0.526. The van der Waals surface area contributed by atoms with E-state index in [1.165, 1.54) is 38.3 Å². The van der Waals surface area contributed by atoms with Crippen LogP contribution in [-0.2, 0) is 4.74 Å². The Labute approximate surface area is 115 Å². The molecule has 1 aliphatic carbocycles. The fourth-order valence-corrected chi connectivity index (χ4v) is 2.78. The fourth-order valence-electron chi connectivity index (χ4n) is 1.71. The third kappa shape index (κ3) is 2.81. The van der Waals surface area contributed by atoms with Crippen molar-refractivity contribution in [2.75, 3.05) is 31.8 Å². The lowest BCUT2D eigenvalue weighted by molar-refractivity contribution is 0.0603. The van der Waals surface area contributed by atoms with Crippen molar-refractivity contribution in [3.8, 4) is 0 Å². The van der Waals surface area contributed by atoms with E-state index in [9.17, 15) is 9.59 Å². The van der Waals surface area contributed by atoms with Crippen molar-refractivity contribution in [3.05, 3.63) is 10.4 Å². The lowest BCUT2D eigenvalue weighted by Crippen LogP contribution is -2.18. The first-order chi connectivity index (χ1) is 9.08. The zero-order valence-electron chi connectivity index (χ0n) is 10.9. The lowest BCUT2D eigenvalue weighted by Gasteiger charge is -2.05. The second-order valence-electron chi connectivity index (χ2n) is 4.44. The highest BCUT2D eigenvalue weighted by molar-refractivity contribution is 7.19. The molecule has 1 heterocycles. The molecular weight excluding hydrogens is 266 g/mol. The number of thiophene rings is 1. The molecule has 0 bridgehead atoms. The molecule has 6 nitrogen and oxygen atoms in total. The van der Waals surface area contributed by atoms with Crippen LogP contribution in [-0.4, -0.2) is 32.6 Å². The summed E-state index contributed by atoms with van der Waals surface area (Å²) in [6.45, 7) is 0.789. The van der Waals surface area contributed by atoms with Crippen molar-refractivity contribution in [2.24, 2.45) is 5.92 Å². The fraction of sp³-hybridized carbons (Fsp3) is 0.500. The summed E-state index contributed by atoms with van der Waals surface area (Å²) < 4.78 is 4.72. The summed E-state index contributed by atoms with van der Waals surface area (Å²) >= 11 is 1.18. The van der Waals surface area contributed by atoms with Crippen molar-refractivity contribution in [1.29, 1.82) is 0 Å². The predicted octanol–water partition coefficient (Wildman–Crippen LogP) is 1.30. The van der Waals surface area contributed by atoms with Crippen LogP contribution in [0.1, 0.15) is 32.9 Å². The third-order valence-electron chi connectivity index (χ3n) is 3.02. The lowest BCUT2D eigenvalue weighted by atomic mass is 10.2. The largest absolute Gasteiger partial charge is 0.465 e. The maximum absolute atomic E-state index is 11.8. The van der Waals surface area contributed by atoms with Crippen LogP contribution in [0.5, 0.6) is 0 Å². The van der Waals surface area contributed by atoms with Crippen molar-refractivity contribution < 1.29 is 14.3 Å². The Bertz CT molecular complexity index is 509. The smallest absolute Gasteiger partial charge is 0.343 e. The SMILES string of the molecule is CNC(=O)c1sc(NCC2CC2)c(C(=O)OC)c1N. The van der Waals surface area contributed by atoms with Gasteiger partial charge in [-0.25, -0.2) is 4.79 Å². The van der Waals surface area contributed by atoms with Crippen molar-refractivity contribution in [2.45, 2.75) is 12.8 Å². The molecule has 0 unspecified atom stereocenters. The number of nitrogens with one attached hydrogen (secondary N) is 2. The molecule has 0 aliphatic heterocycles. The van der Waals surface area contributed by atoms with Crippen LogP contribution >= 0.6 is 11.3 Å². The minimum absolute atomic E-state index is 0.175. The van der Waals surface area contributed by atoms with Gasteiger partial charge in [-0.3, -0.25) is 4.79 Å². The van der Waals surface area contributed by atoms with E-state index in [-0.39, 0.29) is 17.2 Å². The first kappa shape index (κ1) is 13.7. The van der Waals surface area contributed by atoms with Gasteiger partial charge in [-0.15, -0.1) is 11.3 Å². The normalized spacial score (nSPS) is 14.0. The molecule has 1 aromatic rings. The molecule has 0 spiro atoms. The van der Waals surface area contributed by atoms with Gasteiger partial charge in [0.1, 0.15) is 15.4 Å². The summed E-state index contributed by atoms with van der Waals surface area (Å²) in [6.07, 6.45) is 2.40. The average molecular weight is 283 g/mol. The molecule has 1 aromatic heterocycles. The number of carbonyl (C=O) groups is 2. The molecule has 1 aliphatic rings. The van der Waals surface area contributed by atoms with E-state index in [1.807, 2.05) is 0 Å². The van der Waals surface area contributed by atoms with Crippen molar-refractivity contribution in [3.63, 3.8) is 0 Å². The van der Waals surface area contributed by atoms with Gasteiger partial charge >= 0.3 is 5.97 Å². The number of nitrogen functional groups attached to an aromatic ring is 1. The van der Waals surface area contributed by atoms with E-state index in [0.29, 0.717) is 15.8 Å². The number of rotatable bonds is 5. The summed E-state index contributed by atoms with van der Waals surface area (Å²) in [4.78, 5) is 23.8. The van der Waals surface area contributed by atoms with E-state index in [2.05, 4.69) is 10.6 Å². The van der Waals surface area contributed by atoms with Gasteiger partial charge in [0.15, 0.2) is 0 Å². The van der Waals surface area contributed by atoms with Gasteiger partial charge in [0.05, 0.1) is 12.8 Å². The second kappa shape index (κ2) is 5.48. The number of esters is 1. The van der Waals surface area contributed by atoms with Gasteiger partial charge in [0.25, 0.3) is 5.91 Å². The van der Waals surface area contributed by atoms with Crippen LogP contribution in [0.15, 0.2) is 0 Å². The van der Waals surface area contributed by atoms with Gasteiger partial charge in [0, 0.05) is 13.6 Å². The molecule has 0 radical (unpaired) electrons. The first-order valence-corrected chi connectivity index (χ1v) is 6.86. The molecule has 0 saturated heterocycles. The number of methoxy groups -OCH3 is 1. The number of hydrogen-bond donors (Lipinski definition) is 3. The first-order valence-electron chi connectivity index (χ1n) is 6.05. The quantitative estimate of drug-likeness (QED) is 0.708. The highest BCUT2D eigenvalue weighted by Gasteiger charge is 2.27. The Morgan fingerprint density at radius 3 is 2.68 bits per heavy atom. The molecule has 0 aromatic carbocycles. The maximum atomic E-state index is 11.8. The Balaban J connectivity index is 2.31. The van der Waals surface area contributed by atoms with Crippen LogP contribution in [0.25, 0.3) is 0 Å². The van der Waals surface area contributed by atoms with Crippen LogP contribution in [0.2, 0.25) is 0 Å². The Kier molecular flexibility index (Phi) is 3.94. The Hall–Kier alpha value is -1.76. The number of ether oxygens (including phenoxy) is 1. The minimum Gasteiger partial charge on any atom is -0.465 e. The summed E-state index contributed by atoms with van der Waals surface area (Å²) in [5, 5.41) is 6.30. The summed E-state index contributed by atoms with van der Waals surface area (Å²) in [5.41, 5.74) is 6.32. The molecular formula is C12H17N3O3S. The molecule has 2 rings (SSSR count). The van der Waals surface area contributed by atoms with Crippen LogP contribution < -0.4 is 16.4 Å². The topological polar surface area (TPSA) is 93.5 Å². The van der Waals surface area contributed by atoms with Gasteiger partial charge < -0.3 is 21.1 Å². The van der Waals surface area contributed by atoms with Crippen molar-refractivity contribution in [1.82, 2.24) is 5.32 Å². The molecule has 1 saturated carbocycles. The molecule has 19 heavy (non-hydrogen) atoms. The van der Waals surface area contributed by atoms with Gasteiger partial charge in [-0.05, 0) is 18.8 Å².